The summed E-state index contributed by atoms with van der Waals surface area (Å²) in [5, 5.41) is 16.5. The third-order valence-corrected chi connectivity index (χ3v) is 4.63. The van der Waals surface area contributed by atoms with E-state index in [2.05, 4.69) is 14.9 Å². The molecule has 0 saturated heterocycles. The fourth-order valence-electron chi connectivity index (χ4n) is 2.60. The Kier molecular flexibility index (Phi) is 4.52. The second-order valence-corrected chi connectivity index (χ2v) is 6.44. The monoisotopic (exact) mass is 283 g/mol. The zero-order chi connectivity index (χ0) is 13.9. The molecular formula is C13H21N3O2S. The molecule has 6 heteroatoms. The van der Waals surface area contributed by atoms with Crippen LogP contribution in [0.5, 0.6) is 0 Å². The molecule has 2 N–H and O–H groups in total. The average Bonchev–Trinajstić information content (AvgIpc) is 3.05. The molecule has 1 saturated carbocycles. The Balaban J connectivity index is 1.99. The van der Waals surface area contributed by atoms with E-state index >= 15 is 0 Å². The average molecular weight is 283 g/mol. The van der Waals surface area contributed by atoms with E-state index < -0.39 is 0 Å². The lowest BCUT2D eigenvalue weighted by atomic mass is 9.87. The fourth-order valence-corrected chi connectivity index (χ4v) is 3.33. The Morgan fingerprint density at radius 3 is 2.74 bits per heavy atom. The molecule has 2 rings (SSSR count). The van der Waals surface area contributed by atoms with Crippen LogP contribution in [0.4, 0.5) is 0 Å². The van der Waals surface area contributed by atoms with Crippen molar-refractivity contribution in [2.75, 3.05) is 13.2 Å². The fraction of sp³-hybridized carbons (Fsp3) is 0.769. The zero-order valence-electron chi connectivity index (χ0n) is 11.5. The molecule has 1 heterocycles. The Morgan fingerprint density at radius 1 is 1.47 bits per heavy atom. The number of amides is 1. The highest BCUT2D eigenvalue weighted by Crippen LogP contribution is 2.37. The highest BCUT2D eigenvalue weighted by Gasteiger charge is 2.34. The lowest BCUT2D eigenvalue weighted by Crippen LogP contribution is -2.38. The van der Waals surface area contributed by atoms with E-state index in [0.717, 1.165) is 42.9 Å². The normalized spacial score (nSPS) is 17.9. The Hall–Kier alpha value is -1.01. The van der Waals surface area contributed by atoms with Gasteiger partial charge in [0.2, 0.25) is 0 Å². The number of rotatable bonds is 5. The van der Waals surface area contributed by atoms with Crippen molar-refractivity contribution in [2.45, 2.75) is 45.4 Å². The number of nitrogens with zero attached hydrogens (tertiary/aromatic N) is 2. The van der Waals surface area contributed by atoms with Crippen molar-refractivity contribution >= 4 is 17.4 Å². The minimum absolute atomic E-state index is 0.113. The maximum Gasteiger partial charge on any atom is 0.264 e. The first-order valence-electron chi connectivity index (χ1n) is 6.79. The number of hydrogen-bond acceptors (Lipinski definition) is 5. The number of carbonyl (C=O) groups is 1. The molecule has 5 nitrogen and oxygen atoms in total. The summed E-state index contributed by atoms with van der Waals surface area (Å²) in [5.41, 5.74) is 0.637. The van der Waals surface area contributed by atoms with Gasteiger partial charge in [0.15, 0.2) is 0 Å². The quantitative estimate of drug-likeness (QED) is 0.866. The van der Waals surface area contributed by atoms with Gasteiger partial charge in [-0.05, 0) is 30.3 Å². The molecule has 106 valence electrons. The predicted molar refractivity (Wildman–Crippen MR) is 74.3 cm³/mol. The Morgan fingerprint density at radius 2 is 2.16 bits per heavy atom. The van der Waals surface area contributed by atoms with Gasteiger partial charge in [-0.15, -0.1) is 5.10 Å². The smallest absolute Gasteiger partial charge is 0.264 e. The Bertz CT molecular complexity index is 439. The minimum Gasteiger partial charge on any atom is -0.396 e. The van der Waals surface area contributed by atoms with Crippen LogP contribution in [-0.4, -0.2) is 33.8 Å². The molecule has 19 heavy (non-hydrogen) atoms. The van der Waals surface area contributed by atoms with Crippen LogP contribution in [0, 0.1) is 5.41 Å². The van der Waals surface area contributed by atoms with Crippen LogP contribution in [0.3, 0.4) is 0 Å². The maximum atomic E-state index is 12.2. The van der Waals surface area contributed by atoms with Crippen molar-refractivity contribution in [3.05, 3.63) is 10.6 Å². The van der Waals surface area contributed by atoms with Crippen LogP contribution < -0.4 is 5.32 Å². The molecule has 0 aliphatic heterocycles. The van der Waals surface area contributed by atoms with E-state index in [-0.39, 0.29) is 23.8 Å². The molecule has 1 aliphatic rings. The lowest BCUT2D eigenvalue weighted by Gasteiger charge is -2.26. The highest BCUT2D eigenvalue weighted by molar-refractivity contribution is 7.08. The first-order chi connectivity index (χ1) is 9.08. The Labute approximate surface area is 117 Å². The molecule has 1 amide bonds. The summed E-state index contributed by atoms with van der Waals surface area (Å²) in [6, 6.07) is 0. The van der Waals surface area contributed by atoms with E-state index in [9.17, 15) is 9.90 Å². The van der Waals surface area contributed by atoms with E-state index in [4.69, 9.17) is 0 Å². The van der Waals surface area contributed by atoms with Crippen LogP contribution in [0.15, 0.2) is 0 Å². The highest BCUT2D eigenvalue weighted by atomic mass is 32.1. The molecular weight excluding hydrogens is 262 g/mol. The standard InChI is InChI=1S/C13H21N3O2S/c1-9(2)10-11(19-16-15-10)12(18)14-7-13(8-17)5-3-4-6-13/h9,17H,3-8H2,1-2H3,(H,14,18). The molecule has 1 fully saturated rings. The van der Waals surface area contributed by atoms with Gasteiger partial charge in [0.25, 0.3) is 5.91 Å². The first kappa shape index (κ1) is 14.4. The van der Waals surface area contributed by atoms with Crippen LogP contribution in [-0.2, 0) is 0 Å². The van der Waals surface area contributed by atoms with Gasteiger partial charge in [0, 0.05) is 12.0 Å². The van der Waals surface area contributed by atoms with Crippen molar-refractivity contribution in [1.82, 2.24) is 14.9 Å². The van der Waals surface area contributed by atoms with E-state index in [1.807, 2.05) is 13.8 Å². The second kappa shape index (κ2) is 5.96. The summed E-state index contributed by atoms with van der Waals surface area (Å²) < 4.78 is 3.86. The topological polar surface area (TPSA) is 75.1 Å². The molecule has 0 spiro atoms. The summed E-state index contributed by atoms with van der Waals surface area (Å²) >= 11 is 1.14. The summed E-state index contributed by atoms with van der Waals surface area (Å²) in [6.45, 7) is 4.68. The summed E-state index contributed by atoms with van der Waals surface area (Å²) in [4.78, 5) is 12.8. The third kappa shape index (κ3) is 3.12. The molecule has 0 atom stereocenters. The molecule has 0 radical (unpaired) electrons. The van der Waals surface area contributed by atoms with Gasteiger partial charge in [0.1, 0.15) is 4.88 Å². The number of aliphatic hydroxyl groups is 1. The van der Waals surface area contributed by atoms with Crippen LogP contribution in [0.2, 0.25) is 0 Å². The van der Waals surface area contributed by atoms with Gasteiger partial charge in [-0.25, -0.2) is 0 Å². The molecule has 0 bridgehead atoms. The van der Waals surface area contributed by atoms with Crippen LogP contribution >= 0.6 is 11.5 Å². The second-order valence-electron chi connectivity index (χ2n) is 5.69. The molecule has 0 unspecified atom stereocenters. The van der Waals surface area contributed by atoms with Gasteiger partial charge in [0.05, 0.1) is 12.3 Å². The van der Waals surface area contributed by atoms with Gasteiger partial charge in [-0.3, -0.25) is 4.79 Å². The van der Waals surface area contributed by atoms with Crippen molar-refractivity contribution in [2.24, 2.45) is 5.41 Å². The van der Waals surface area contributed by atoms with Gasteiger partial charge < -0.3 is 10.4 Å². The minimum atomic E-state index is -0.119. The van der Waals surface area contributed by atoms with Gasteiger partial charge in [-0.1, -0.05) is 31.2 Å². The molecule has 1 aliphatic carbocycles. The number of aromatic nitrogens is 2. The van der Waals surface area contributed by atoms with E-state index in [1.165, 1.54) is 0 Å². The zero-order valence-corrected chi connectivity index (χ0v) is 12.3. The SMILES string of the molecule is CC(C)c1nnsc1C(=O)NCC1(CO)CCCC1. The van der Waals surface area contributed by atoms with Crippen LogP contribution in [0.1, 0.15) is 60.8 Å². The largest absolute Gasteiger partial charge is 0.396 e. The van der Waals surface area contributed by atoms with Crippen LogP contribution in [0.25, 0.3) is 0 Å². The number of aliphatic hydroxyl groups excluding tert-OH is 1. The van der Waals surface area contributed by atoms with E-state index in [0.29, 0.717) is 11.4 Å². The summed E-state index contributed by atoms with van der Waals surface area (Å²) in [5.74, 6) is 0.0798. The lowest BCUT2D eigenvalue weighted by molar-refractivity contribution is 0.0883. The van der Waals surface area contributed by atoms with Crippen molar-refractivity contribution in [3.8, 4) is 0 Å². The number of nitrogens with one attached hydrogen (secondary N) is 1. The summed E-state index contributed by atoms with van der Waals surface area (Å²) in [7, 11) is 0. The molecule has 0 aromatic carbocycles. The van der Waals surface area contributed by atoms with E-state index in [1.54, 1.807) is 0 Å². The maximum absolute atomic E-state index is 12.2. The third-order valence-electron chi connectivity index (χ3n) is 3.89. The molecule has 1 aromatic heterocycles. The van der Waals surface area contributed by atoms with Gasteiger partial charge >= 0.3 is 0 Å². The number of hydrogen-bond donors (Lipinski definition) is 2. The predicted octanol–water partition coefficient (Wildman–Crippen LogP) is 1.94. The van der Waals surface area contributed by atoms with Crippen molar-refractivity contribution < 1.29 is 9.90 Å². The number of carbonyl (C=O) groups excluding carboxylic acids is 1. The van der Waals surface area contributed by atoms with Crippen molar-refractivity contribution in [3.63, 3.8) is 0 Å². The first-order valence-corrected chi connectivity index (χ1v) is 7.57. The summed E-state index contributed by atoms with van der Waals surface area (Å²) in [6.07, 6.45) is 4.25. The molecule has 1 aromatic rings. The van der Waals surface area contributed by atoms with Gasteiger partial charge in [-0.2, -0.15) is 0 Å². The van der Waals surface area contributed by atoms with Crippen molar-refractivity contribution in [1.29, 1.82) is 0 Å².